The molecule has 0 spiro atoms. The monoisotopic (exact) mass is 388 g/mol. The highest BCUT2D eigenvalue weighted by atomic mass is 35.5. The zero-order chi connectivity index (χ0) is 19.3. The van der Waals surface area contributed by atoms with Gasteiger partial charge in [0.1, 0.15) is 0 Å². The van der Waals surface area contributed by atoms with Crippen LogP contribution in [0.1, 0.15) is 122 Å². The van der Waals surface area contributed by atoms with Crippen molar-refractivity contribution in [2.45, 2.75) is 122 Å². The quantitative estimate of drug-likeness (QED) is 0.124. The molecule has 0 aromatic rings. The lowest BCUT2D eigenvalue weighted by atomic mass is 10.0. The molecule has 154 valence electrons. The fourth-order valence-corrected chi connectivity index (χ4v) is 3.20. The van der Waals surface area contributed by atoms with Gasteiger partial charge in [-0.3, -0.25) is 9.59 Å². The minimum Gasteiger partial charge on any atom is -0.466 e. The third-order valence-electron chi connectivity index (χ3n) is 4.79. The summed E-state index contributed by atoms with van der Waals surface area (Å²) in [5, 5.41) is -0.482. The summed E-state index contributed by atoms with van der Waals surface area (Å²) in [5.74, 6) is -0.319. The molecule has 0 bridgehead atoms. The van der Waals surface area contributed by atoms with Crippen LogP contribution < -0.4 is 0 Å². The first kappa shape index (κ1) is 25.4. The number of halogens is 1. The van der Waals surface area contributed by atoms with Crippen LogP contribution in [-0.2, 0) is 14.3 Å². The van der Waals surface area contributed by atoms with E-state index in [4.69, 9.17) is 16.3 Å². The Balaban J connectivity index is 3.09. The molecule has 0 heterocycles. The fourth-order valence-electron chi connectivity index (χ4n) is 3.11. The second kappa shape index (κ2) is 20.7. The van der Waals surface area contributed by atoms with E-state index in [9.17, 15) is 9.59 Å². The highest BCUT2D eigenvalue weighted by Crippen LogP contribution is 2.13. The van der Waals surface area contributed by atoms with E-state index in [0.717, 1.165) is 12.8 Å². The molecule has 0 N–H and O–H groups in total. The molecule has 0 radical (unpaired) electrons. The average Bonchev–Trinajstić information content (AvgIpc) is 2.62. The molecule has 0 amide bonds. The average molecular weight is 389 g/mol. The number of carbonyl (C=O) groups is 2. The SMILES string of the molecule is CCCCCCCCCCCCCCCCCCOC(=O)CCC(=O)Cl. The summed E-state index contributed by atoms with van der Waals surface area (Å²) in [4.78, 5) is 21.8. The zero-order valence-corrected chi connectivity index (χ0v) is 17.8. The Labute approximate surface area is 166 Å². The van der Waals surface area contributed by atoms with Crippen LogP contribution in [0, 0.1) is 0 Å². The topological polar surface area (TPSA) is 43.4 Å². The molecule has 4 heteroatoms. The number of carbonyl (C=O) groups excluding carboxylic acids is 2. The Hall–Kier alpha value is -0.570. The van der Waals surface area contributed by atoms with E-state index in [0.29, 0.717) is 6.61 Å². The van der Waals surface area contributed by atoms with Crippen LogP contribution in [0.2, 0.25) is 0 Å². The van der Waals surface area contributed by atoms with Crippen molar-refractivity contribution >= 4 is 22.8 Å². The summed E-state index contributed by atoms with van der Waals surface area (Å²) in [6.45, 7) is 2.74. The summed E-state index contributed by atoms with van der Waals surface area (Å²) < 4.78 is 5.06. The number of hydrogen-bond acceptors (Lipinski definition) is 3. The molecule has 3 nitrogen and oxygen atoms in total. The van der Waals surface area contributed by atoms with Gasteiger partial charge in [0.2, 0.25) is 5.24 Å². The molecule has 0 fully saturated rings. The largest absolute Gasteiger partial charge is 0.466 e. The van der Waals surface area contributed by atoms with Gasteiger partial charge in [0.25, 0.3) is 0 Å². The molecule has 26 heavy (non-hydrogen) atoms. The van der Waals surface area contributed by atoms with Gasteiger partial charge >= 0.3 is 5.97 Å². The number of ether oxygens (including phenoxy) is 1. The van der Waals surface area contributed by atoms with Crippen LogP contribution in [0.4, 0.5) is 0 Å². The molecule has 0 atom stereocenters. The van der Waals surface area contributed by atoms with Crippen molar-refractivity contribution in [3.63, 3.8) is 0 Å². The van der Waals surface area contributed by atoms with Crippen molar-refractivity contribution in [2.75, 3.05) is 6.61 Å². The normalized spacial score (nSPS) is 10.8. The highest BCUT2D eigenvalue weighted by molar-refractivity contribution is 6.63. The van der Waals surface area contributed by atoms with Gasteiger partial charge in [-0.05, 0) is 18.0 Å². The molecule has 0 aliphatic rings. The zero-order valence-electron chi connectivity index (χ0n) is 17.0. The lowest BCUT2D eigenvalue weighted by Gasteiger charge is -2.05. The Bertz CT molecular complexity index is 331. The van der Waals surface area contributed by atoms with Crippen LogP contribution in [0.3, 0.4) is 0 Å². The summed E-state index contributed by atoms with van der Waals surface area (Å²) in [7, 11) is 0. The minimum absolute atomic E-state index is 0.0688. The second-order valence-electron chi connectivity index (χ2n) is 7.38. The van der Waals surface area contributed by atoms with Gasteiger partial charge in [-0.15, -0.1) is 0 Å². The van der Waals surface area contributed by atoms with E-state index in [1.54, 1.807) is 0 Å². The maximum Gasteiger partial charge on any atom is 0.306 e. The summed E-state index contributed by atoms with van der Waals surface area (Å²) in [6, 6.07) is 0. The first-order valence-electron chi connectivity index (χ1n) is 11.0. The van der Waals surface area contributed by atoms with Gasteiger partial charge in [0, 0.05) is 6.42 Å². The van der Waals surface area contributed by atoms with Crippen LogP contribution >= 0.6 is 11.6 Å². The number of hydrogen-bond donors (Lipinski definition) is 0. The maximum absolute atomic E-state index is 11.3. The van der Waals surface area contributed by atoms with Gasteiger partial charge in [-0.1, -0.05) is 103 Å². The second-order valence-corrected chi connectivity index (χ2v) is 7.80. The van der Waals surface area contributed by atoms with Gasteiger partial charge in [-0.25, -0.2) is 0 Å². The molecule has 0 saturated carbocycles. The third kappa shape index (κ3) is 21.5. The van der Waals surface area contributed by atoms with Gasteiger partial charge < -0.3 is 4.74 Å². The number of unbranched alkanes of at least 4 members (excludes halogenated alkanes) is 15. The molecule has 0 rings (SSSR count). The highest BCUT2D eigenvalue weighted by Gasteiger charge is 2.05. The Morgan fingerprint density at radius 3 is 1.38 bits per heavy atom. The summed E-state index contributed by atoms with van der Waals surface area (Å²) in [6.07, 6.45) is 21.5. The van der Waals surface area contributed by atoms with Crippen molar-refractivity contribution < 1.29 is 14.3 Å². The smallest absolute Gasteiger partial charge is 0.306 e. The van der Waals surface area contributed by atoms with Gasteiger partial charge in [0.15, 0.2) is 0 Å². The van der Waals surface area contributed by atoms with Gasteiger partial charge in [0.05, 0.1) is 13.0 Å². The lowest BCUT2D eigenvalue weighted by Crippen LogP contribution is -2.06. The molecule has 0 aliphatic carbocycles. The van der Waals surface area contributed by atoms with Gasteiger partial charge in [-0.2, -0.15) is 0 Å². The van der Waals surface area contributed by atoms with Crippen LogP contribution in [0.15, 0.2) is 0 Å². The molecular weight excluding hydrogens is 348 g/mol. The van der Waals surface area contributed by atoms with E-state index < -0.39 is 5.24 Å². The summed E-state index contributed by atoms with van der Waals surface area (Å²) >= 11 is 5.18. The van der Waals surface area contributed by atoms with Crippen molar-refractivity contribution in [1.82, 2.24) is 0 Å². The van der Waals surface area contributed by atoms with Crippen molar-refractivity contribution in [1.29, 1.82) is 0 Å². The predicted molar refractivity (Wildman–Crippen MR) is 111 cm³/mol. The standard InChI is InChI=1S/C22H41ClO3/c1-2-3-4-5-6-7-8-9-10-11-12-13-14-15-16-17-20-26-22(25)19-18-21(23)24/h2-20H2,1H3. The minimum atomic E-state index is -0.482. The van der Waals surface area contributed by atoms with Crippen LogP contribution in [0.25, 0.3) is 0 Å². The Morgan fingerprint density at radius 2 is 1.00 bits per heavy atom. The van der Waals surface area contributed by atoms with Crippen LogP contribution in [-0.4, -0.2) is 17.8 Å². The third-order valence-corrected chi connectivity index (χ3v) is 4.98. The van der Waals surface area contributed by atoms with Crippen LogP contribution in [0.5, 0.6) is 0 Å². The summed E-state index contributed by atoms with van der Waals surface area (Å²) in [5.41, 5.74) is 0. The maximum atomic E-state index is 11.3. The molecule has 0 aromatic carbocycles. The van der Waals surface area contributed by atoms with E-state index in [1.807, 2.05) is 0 Å². The molecular formula is C22H41ClO3. The first-order chi connectivity index (χ1) is 12.7. The van der Waals surface area contributed by atoms with E-state index in [1.165, 1.54) is 89.9 Å². The van der Waals surface area contributed by atoms with E-state index in [-0.39, 0.29) is 18.8 Å². The van der Waals surface area contributed by atoms with Crippen molar-refractivity contribution in [3.05, 3.63) is 0 Å². The fraction of sp³-hybridized carbons (Fsp3) is 0.909. The molecule has 0 aromatic heterocycles. The molecule has 0 saturated heterocycles. The Kier molecular flexibility index (Phi) is 20.3. The lowest BCUT2D eigenvalue weighted by molar-refractivity contribution is -0.144. The first-order valence-corrected chi connectivity index (χ1v) is 11.4. The van der Waals surface area contributed by atoms with Crippen molar-refractivity contribution in [3.8, 4) is 0 Å². The molecule has 0 unspecified atom stereocenters. The number of rotatable bonds is 20. The van der Waals surface area contributed by atoms with Crippen molar-refractivity contribution in [2.24, 2.45) is 0 Å². The predicted octanol–water partition coefficient (Wildman–Crippen LogP) is 7.34. The Morgan fingerprint density at radius 1 is 0.615 bits per heavy atom. The number of esters is 1. The van der Waals surface area contributed by atoms with E-state index >= 15 is 0 Å². The molecule has 0 aliphatic heterocycles. The van der Waals surface area contributed by atoms with E-state index in [2.05, 4.69) is 6.92 Å².